The molecule has 0 amide bonds. The zero-order chi connectivity index (χ0) is 11.7. The van der Waals surface area contributed by atoms with Gasteiger partial charge < -0.3 is 5.32 Å². The molecule has 1 aromatic rings. The van der Waals surface area contributed by atoms with Crippen LogP contribution in [0.4, 0.5) is 0 Å². The van der Waals surface area contributed by atoms with E-state index < -0.39 is 0 Å². The van der Waals surface area contributed by atoms with Crippen LogP contribution in [0.25, 0.3) is 0 Å². The van der Waals surface area contributed by atoms with E-state index in [9.17, 15) is 0 Å². The van der Waals surface area contributed by atoms with E-state index in [1.165, 1.54) is 11.1 Å². The van der Waals surface area contributed by atoms with Gasteiger partial charge in [0.2, 0.25) is 0 Å². The molecule has 2 rings (SSSR count). The Kier molecular flexibility index (Phi) is 4.06. The van der Waals surface area contributed by atoms with Crippen molar-refractivity contribution in [2.45, 2.75) is 30.9 Å². The van der Waals surface area contributed by atoms with Gasteiger partial charge in [0.1, 0.15) is 0 Å². The number of fused-ring (bicyclic) bond motifs is 1. The summed E-state index contributed by atoms with van der Waals surface area (Å²) < 4.78 is 0. The van der Waals surface area contributed by atoms with Crippen LogP contribution in [-0.2, 0) is 5.75 Å². The molecule has 0 saturated heterocycles. The molecule has 0 bridgehead atoms. The maximum atomic E-state index is 6.25. The van der Waals surface area contributed by atoms with E-state index in [-0.39, 0.29) is 0 Å². The van der Waals surface area contributed by atoms with E-state index in [0.29, 0.717) is 16.3 Å². The summed E-state index contributed by atoms with van der Waals surface area (Å²) in [6.07, 6.45) is 0. The number of nitrogens with one attached hydrogen (secondary N) is 1. The van der Waals surface area contributed by atoms with Gasteiger partial charge in [0.15, 0.2) is 0 Å². The molecule has 0 spiro atoms. The Balaban J connectivity index is 2.44. The molecule has 0 fully saturated rings. The molecule has 0 saturated carbocycles. The normalized spacial score (nSPS) is 24.2. The lowest BCUT2D eigenvalue weighted by molar-refractivity contribution is 0.540. The molecular formula is C12H15Cl2NS. The van der Waals surface area contributed by atoms with E-state index in [1.54, 1.807) is 0 Å². The Morgan fingerprint density at radius 1 is 1.44 bits per heavy atom. The number of thioether (sulfide) groups is 1. The van der Waals surface area contributed by atoms with Crippen LogP contribution in [0.15, 0.2) is 12.1 Å². The van der Waals surface area contributed by atoms with Gasteiger partial charge in [0.05, 0.1) is 10.0 Å². The van der Waals surface area contributed by atoms with Crippen molar-refractivity contribution in [3.05, 3.63) is 33.3 Å². The van der Waals surface area contributed by atoms with Crippen LogP contribution in [0.2, 0.25) is 10.0 Å². The van der Waals surface area contributed by atoms with Crippen molar-refractivity contribution in [1.29, 1.82) is 0 Å². The lowest BCUT2D eigenvalue weighted by atomic mass is 9.98. The molecule has 2 atom stereocenters. The molecule has 88 valence electrons. The predicted molar refractivity (Wildman–Crippen MR) is 73.6 cm³/mol. The highest BCUT2D eigenvalue weighted by Crippen LogP contribution is 2.42. The van der Waals surface area contributed by atoms with Gasteiger partial charge in [-0.2, -0.15) is 11.8 Å². The van der Waals surface area contributed by atoms with Crippen molar-refractivity contribution in [2.24, 2.45) is 0 Å². The van der Waals surface area contributed by atoms with E-state index >= 15 is 0 Å². The highest BCUT2D eigenvalue weighted by atomic mass is 35.5. The van der Waals surface area contributed by atoms with Crippen LogP contribution in [-0.4, -0.2) is 11.8 Å². The Morgan fingerprint density at radius 2 is 2.19 bits per heavy atom. The second-order valence-corrected chi connectivity index (χ2v) is 6.13. The van der Waals surface area contributed by atoms with E-state index in [4.69, 9.17) is 23.2 Å². The van der Waals surface area contributed by atoms with Crippen LogP contribution in [0.3, 0.4) is 0 Å². The monoisotopic (exact) mass is 275 g/mol. The third-order valence-electron chi connectivity index (χ3n) is 2.95. The standard InChI is InChI=1S/C12H15Cl2NS/c1-3-15-12-7(2)16-6-9-8(12)4-5-10(13)11(9)14/h4-5,7,12,15H,3,6H2,1-2H3. The van der Waals surface area contributed by atoms with Gasteiger partial charge in [0, 0.05) is 17.0 Å². The minimum absolute atomic E-state index is 0.383. The molecule has 4 heteroatoms. The first-order valence-corrected chi connectivity index (χ1v) is 7.27. The van der Waals surface area contributed by atoms with Gasteiger partial charge >= 0.3 is 0 Å². The fourth-order valence-corrected chi connectivity index (χ4v) is 3.78. The van der Waals surface area contributed by atoms with Gasteiger partial charge in [-0.15, -0.1) is 0 Å². The number of hydrogen-bond donors (Lipinski definition) is 1. The van der Waals surface area contributed by atoms with Crippen molar-refractivity contribution in [3.8, 4) is 0 Å². The Labute approximate surface area is 111 Å². The molecule has 0 aliphatic carbocycles. The lowest BCUT2D eigenvalue weighted by Gasteiger charge is -2.32. The molecule has 0 aromatic heterocycles. The second kappa shape index (κ2) is 5.18. The maximum absolute atomic E-state index is 6.25. The average molecular weight is 276 g/mol. The number of halogens is 2. The second-order valence-electron chi connectivity index (χ2n) is 3.98. The molecule has 1 aliphatic heterocycles. The van der Waals surface area contributed by atoms with Gasteiger partial charge in [-0.3, -0.25) is 0 Å². The highest BCUT2D eigenvalue weighted by molar-refractivity contribution is 7.99. The third-order valence-corrected chi connectivity index (χ3v) is 5.05. The fraction of sp³-hybridized carbons (Fsp3) is 0.500. The van der Waals surface area contributed by atoms with E-state index in [2.05, 4.69) is 25.2 Å². The largest absolute Gasteiger partial charge is 0.309 e. The minimum atomic E-state index is 0.383. The van der Waals surface area contributed by atoms with Crippen molar-refractivity contribution < 1.29 is 0 Å². The summed E-state index contributed by atoms with van der Waals surface area (Å²) in [5.74, 6) is 0.956. The number of benzene rings is 1. The van der Waals surface area contributed by atoms with Crippen LogP contribution in [0.5, 0.6) is 0 Å². The molecule has 1 aliphatic rings. The summed E-state index contributed by atoms with van der Waals surface area (Å²) in [6, 6.07) is 4.39. The molecule has 1 nitrogen and oxygen atoms in total. The summed E-state index contributed by atoms with van der Waals surface area (Å²) in [5.41, 5.74) is 2.51. The van der Waals surface area contributed by atoms with Crippen LogP contribution >= 0.6 is 35.0 Å². The SMILES string of the molecule is CCNC1c2ccc(Cl)c(Cl)c2CSC1C. The molecule has 2 unspecified atom stereocenters. The van der Waals surface area contributed by atoms with Crippen molar-refractivity contribution in [2.75, 3.05) is 6.54 Å². The van der Waals surface area contributed by atoms with Gasteiger partial charge in [-0.25, -0.2) is 0 Å². The van der Waals surface area contributed by atoms with Crippen molar-refractivity contribution >= 4 is 35.0 Å². The number of rotatable bonds is 2. The van der Waals surface area contributed by atoms with E-state index in [0.717, 1.165) is 17.3 Å². The zero-order valence-electron chi connectivity index (χ0n) is 9.39. The zero-order valence-corrected chi connectivity index (χ0v) is 11.7. The summed E-state index contributed by atoms with van der Waals surface area (Å²) in [5, 5.41) is 5.47. The number of hydrogen-bond acceptors (Lipinski definition) is 2. The maximum Gasteiger partial charge on any atom is 0.0636 e. The van der Waals surface area contributed by atoms with Crippen LogP contribution in [0, 0.1) is 0 Å². The average Bonchev–Trinajstić information content (AvgIpc) is 2.27. The molecular weight excluding hydrogens is 261 g/mol. The van der Waals surface area contributed by atoms with Crippen molar-refractivity contribution in [3.63, 3.8) is 0 Å². The molecule has 0 radical (unpaired) electrons. The smallest absolute Gasteiger partial charge is 0.0636 e. The Bertz CT molecular complexity index is 395. The summed E-state index contributed by atoms with van der Waals surface area (Å²) in [6.45, 7) is 5.35. The predicted octanol–water partition coefficient (Wildman–Crippen LogP) is 4.28. The third kappa shape index (κ3) is 2.21. The Hall–Kier alpha value is 0.110. The van der Waals surface area contributed by atoms with Gasteiger partial charge in [-0.1, -0.05) is 43.1 Å². The summed E-state index contributed by atoms with van der Waals surface area (Å²) in [4.78, 5) is 0. The summed E-state index contributed by atoms with van der Waals surface area (Å²) in [7, 11) is 0. The van der Waals surface area contributed by atoms with E-state index in [1.807, 2.05) is 17.8 Å². The molecule has 1 heterocycles. The topological polar surface area (TPSA) is 12.0 Å². The van der Waals surface area contributed by atoms with Crippen LogP contribution in [0.1, 0.15) is 31.0 Å². The highest BCUT2D eigenvalue weighted by Gasteiger charge is 2.28. The molecule has 1 aromatic carbocycles. The minimum Gasteiger partial charge on any atom is -0.309 e. The first-order valence-electron chi connectivity index (χ1n) is 5.47. The summed E-state index contributed by atoms with van der Waals surface area (Å²) >= 11 is 14.2. The fourth-order valence-electron chi connectivity index (χ4n) is 2.11. The van der Waals surface area contributed by atoms with Crippen LogP contribution < -0.4 is 5.32 Å². The first kappa shape index (κ1) is 12.6. The molecule has 1 N–H and O–H groups in total. The quantitative estimate of drug-likeness (QED) is 0.865. The Morgan fingerprint density at radius 3 is 2.88 bits per heavy atom. The van der Waals surface area contributed by atoms with Gasteiger partial charge in [0.25, 0.3) is 0 Å². The molecule has 16 heavy (non-hydrogen) atoms. The van der Waals surface area contributed by atoms with Crippen molar-refractivity contribution in [1.82, 2.24) is 5.32 Å². The van der Waals surface area contributed by atoms with Gasteiger partial charge in [-0.05, 0) is 23.7 Å². The first-order chi connectivity index (χ1) is 7.65. The lowest BCUT2D eigenvalue weighted by Crippen LogP contribution is -2.31.